The summed E-state index contributed by atoms with van der Waals surface area (Å²) in [5.74, 6) is -3.15. The number of aliphatic hydroxyl groups excluding tert-OH is 1. The highest BCUT2D eigenvalue weighted by Gasteiger charge is 2.75. The molecule has 0 aliphatic carbocycles. The van der Waals surface area contributed by atoms with Crippen molar-refractivity contribution in [3.63, 3.8) is 0 Å². The van der Waals surface area contributed by atoms with Crippen LogP contribution in [0.25, 0.3) is 0 Å². The normalized spacial score (nSPS) is 29.0. The number of carbonyl (C=O) groups is 4. The van der Waals surface area contributed by atoms with Crippen LogP contribution in [0.2, 0.25) is 0 Å². The minimum atomic E-state index is -1.18. The van der Waals surface area contributed by atoms with Crippen LogP contribution in [0.5, 0.6) is 0 Å². The second-order valence-corrected chi connectivity index (χ2v) is 11.8. The molecule has 1 spiro atoms. The third kappa shape index (κ3) is 5.77. The fourth-order valence-corrected chi connectivity index (χ4v) is 6.31. The highest BCUT2D eigenvalue weighted by atomic mass is 16.6. The molecule has 39 heavy (non-hydrogen) atoms. The van der Waals surface area contributed by atoms with Gasteiger partial charge in [0.1, 0.15) is 17.7 Å². The number of hydrogen-bond acceptors (Lipinski definition) is 7. The number of ether oxygens (including phenoxy) is 2. The zero-order valence-electron chi connectivity index (χ0n) is 24.0. The van der Waals surface area contributed by atoms with Gasteiger partial charge in [0.15, 0.2) is 0 Å². The Hall–Kier alpha value is -2.72. The third-order valence-corrected chi connectivity index (χ3v) is 8.19. The molecule has 3 saturated heterocycles. The van der Waals surface area contributed by atoms with E-state index in [1.807, 2.05) is 27.7 Å². The molecule has 0 aromatic rings. The van der Waals surface area contributed by atoms with Gasteiger partial charge in [-0.2, -0.15) is 0 Å². The number of nitrogens with zero attached hydrogens (tertiary/aromatic N) is 2. The first-order valence-corrected chi connectivity index (χ1v) is 14.0. The second-order valence-electron chi connectivity index (χ2n) is 11.8. The van der Waals surface area contributed by atoms with E-state index in [9.17, 15) is 24.3 Å². The van der Waals surface area contributed by atoms with Gasteiger partial charge >= 0.3 is 5.97 Å². The number of allylic oxidation sites excluding steroid dienone is 1. The molecule has 2 bridgehead atoms. The lowest BCUT2D eigenvalue weighted by Crippen LogP contribution is -2.61. The molecule has 0 unspecified atom stereocenters. The lowest BCUT2D eigenvalue weighted by Gasteiger charge is -2.43. The summed E-state index contributed by atoms with van der Waals surface area (Å²) in [5.41, 5.74) is -1.74. The largest absolute Gasteiger partial charge is 0.460 e. The minimum absolute atomic E-state index is 0.140. The second kappa shape index (κ2) is 12.2. The molecule has 3 amide bonds. The molecule has 3 aliphatic rings. The molecule has 3 fully saturated rings. The van der Waals surface area contributed by atoms with Gasteiger partial charge in [0, 0.05) is 18.5 Å². The van der Waals surface area contributed by atoms with Crippen molar-refractivity contribution in [2.24, 2.45) is 11.8 Å². The van der Waals surface area contributed by atoms with Gasteiger partial charge in [0.2, 0.25) is 17.7 Å². The standard InChI is InChI=1S/C29H45N3O7/c1-8-11-12-21(34)30-16-18(4)38-27(37)22-20-13-14-29(39-20)23(22)25(35)32(19(10-3)17-33)24(29)26(36)31(15-9-2)28(5,6)7/h8-9,18-20,22-24,33H,1-2,10-17H2,3-7H3,(H,30,34)/t18-,19+,20-,22+,23+,24-,29+/m1/s1. The maximum atomic E-state index is 14.2. The number of likely N-dealkylation sites (tertiary alicyclic amines) is 1. The summed E-state index contributed by atoms with van der Waals surface area (Å²) in [6, 6.07) is -1.57. The highest BCUT2D eigenvalue weighted by Crippen LogP contribution is 2.59. The van der Waals surface area contributed by atoms with E-state index in [-0.39, 0.29) is 37.4 Å². The maximum Gasteiger partial charge on any atom is 0.312 e. The predicted octanol–water partition coefficient (Wildman–Crippen LogP) is 1.96. The summed E-state index contributed by atoms with van der Waals surface area (Å²) in [7, 11) is 0. The van der Waals surface area contributed by atoms with Crippen molar-refractivity contribution >= 4 is 23.7 Å². The number of aliphatic hydroxyl groups is 1. The summed E-state index contributed by atoms with van der Waals surface area (Å²) >= 11 is 0. The molecule has 0 saturated carbocycles. The Labute approximate surface area is 231 Å². The fourth-order valence-electron chi connectivity index (χ4n) is 6.31. The van der Waals surface area contributed by atoms with Crippen LogP contribution in [-0.2, 0) is 28.7 Å². The van der Waals surface area contributed by atoms with Crippen LogP contribution in [0.1, 0.15) is 66.7 Å². The van der Waals surface area contributed by atoms with E-state index in [1.54, 1.807) is 24.0 Å². The summed E-state index contributed by atoms with van der Waals surface area (Å²) in [4.78, 5) is 56.9. The van der Waals surface area contributed by atoms with Crippen molar-refractivity contribution in [1.29, 1.82) is 0 Å². The Morgan fingerprint density at radius 2 is 2.00 bits per heavy atom. The molecule has 10 nitrogen and oxygen atoms in total. The number of hydrogen-bond donors (Lipinski definition) is 2. The van der Waals surface area contributed by atoms with Gasteiger partial charge in [-0.3, -0.25) is 19.2 Å². The maximum absolute atomic E-state index is 14.2. The monoisotopic (exact) mass is 547 g/mol. The fraction of sp³-hybridized carbons (Fsp3) is 0.724. The Kier molecular flexibility index (Phi) is 9.64. The van der Waals surface area contributed by atoms with Crippen molar-refractivity contribution in [2.75, 3.05) is 19.7 Å². The summed E-state index contributed by atoms with van der Waals surface area (Å²) < 4.78 is 12.2. The molecule has 0 aromatic heterocycles. The van der Waals surface area contributed by atoms with E-state index in [0.29, 0.717) is 32.1 Å². The van der Waals surface area contributed by atoms with Gasteiger partial charge < -0.3 is 29.7 Å². The molecule has 2 N–H and O–H groups in total. The number of nitrogens with one attached hydrogen (secondary N) is 1. The average Bonchev–Trinajstić information content (AvgIpc) is 3.52. The molecule has 3 heterocycles. The highest BCUT2D eigenvalue weighted by molar-refractivity contribution is 5.98. The van der Waals surface area contributed by atoms with Crippen molar-refractivity contribution in [2.45, 2.75) is 102 Å². The van der Waals surface area contributed by atoms with E-state index in [4.69, 9.17) is 9.47 Å². The first-order valence-electron chi connectivity index (χ1n) is 14.0. The van der Waals surface area contributed by atoms with E-state index >= 15 is 0 Å². The van der Waals surface area contributed by atoms with Crippen LogP contribution in [0.3, 0.4) is 0 Å². The first-order chi connectivity index (χ1) is 18.4. The predicted molar refractivity (Wildman–Crippen MR) is 145 cm³/mol. The lowest BCUT2D eigenvalue weighted by molar-refractivity contribution is -0.160. The molecule has 218 valence electrons. The van der Waals surface area contributed by atoms with Crippen LogP contribution in [0.15, 0.2) is 25.3 Å². The summed E-state index contributed by atoms with van der Waals surface area (Å²) in [5, 5.41) is 12.9. The average molecular weight is 548 g/mol. The summed E-state index contributed by atoms with van der Waals surface area (Å²) in [6.07, 6.45) is 4.40. The van der Waals surface area contributed by atoms with Gasteiger partial charge in [0.05, 0.1) is 37.1 Å². The van der Waals surface area contributed by atoms with Gasteiger partial charge in [-0.1, -0.05) is 19.1 Å². The van der Waals surface area contributed by atoms with Crippen LogP contribution in [0, 0.1) is 11.8 Å². The van der Waals surface area contributed by atoms with Crippen LogP contribution in [0.4, 0.5) is 0 Å². The van der Waals surface area contributed by atoms with Crippen LogP contribution < -0.4 is 5.32 Å². The lowest BCUT2D eigenvalue weighted by atomic mass is 9.70. The number of carbonyl (C=O) groups excluding carboxylic acids is 4. The quantitative estimate of drug-likeness (QED) is 0.267. The van der Waals surface area contributed by atoms with Gasteiger partial charge in [-0.15, -0.1) is 13.2 Å². The van der Waals surface area contributed by atoms with E-state index in [0.717, 1.165) is 0 Å². The molecule has 7 atom stereocenters. The van der Waals surface area contributed by atoms with Crippen molar-refractivity contribution < 1.29 is 33.8 Å². The van der Waals surface area contributed by atoms with E-state index in [2.05, 4.69) is 18.5 Å². The molecule has 3 rings (SSSR count). The number of amides is 3. The topological polar surface area (TPSA) is 125 Å². The van der Waals surface area contributed by atoms with E-state index in [1.165, 1.54) is 4.90 Å². The molecule has 0 radical (unpaired) electrons. The van der Waals surface area contributed by atoms with Crippen molar-refractivity contribution in [3.05, 3.63) is 25.3 Å². The Bertz CT molecular complexity index is 972. The van der Waals surface area contributed by atoms with Crippen LogP contribution in [-0.4, -0.2) is 93.7 Å². The van der Waals surface area contributed by atoms with E-state index < -0.39 is 53.2 Å². The van der Waals surface area contributed by atoms with Gasteiger partial charge in [-0.25, -0.2) is 0 Å². The number of esters is 1. The van der Waals surface area contributed by atoms with Gasteiger partial charge in [0.25, 0.3) is 0 Å². The van der Waals surface area contributed by atoms with Crippen molar-refractivity contribution in [3.8, 4) is 0 Å². The zero-order valence-corrected chi connectivity index (χ0v) is 24.0. The number of fused-ring (bicyclic) bond motifs is 1. The molecule has 10 heteroatoms. The smallest absolute Gasteiger partial charge is 0.312 e. The molecule has 3 aliphatic heterocycles. The zero-order chi connectivity index (χ0) is 29.1. The Morgan fingerprint density at radius 1 is 1.31 bits per heavy atom. The molecular formula is C29H45N3O7. The Balaban J connectivity index is 1.90. The van der Waals surface area contributed by atoms with Crippen molar-refractivity contribution in [1.82, 2.24) is 15.1 Å². The first kappa shape index (κ1) is 30.8. The van der Waals surface area contributed by atoms with Crippen LogP contribution >= 0.6 is 0 Å². The van der Waals surface area contributed by atoms with Gasteiger partial charge in [-0.05, 0) is 53.4 Å². The number of rotatable bonds is 13. The Morgan fingerprint density at radius 3 is 2.56 bits per heavy atom. The molecule has 0 aromatic carbocycles. The minimum Gasteiger partial charge on any atom is -0.460 e. The summed E-state index contributed by atoms with van der Waals surface area (Å²) in [6.45, 7) is 16.8. The third-order valence-electron chi connectivity index (χ3n) is 8.19. The SMILES string of the molecule is C=CCCC(=O)NC[C@@H](C)OC(=O)[C@@H]1[C@H]2C(=O)N([C@@H](CC)CO)[C@H](C(=O)N(CC=C)C(C)(C)C)[C@]23CC[C@H]1O3. The molecular weight excluding hydrogens is 502 g/mol.